The Hall–Kier alpha value is -2.55. The van der Waals surface area contributed by atoms with Crippen molar-refractivity contribution in [2.75, 3.05) is 18.9 Å². The number of aromatic nitrogens is 4. The topological polar surface area (TPSA) is 90.4 Å². The minimum atomic E-state index is 0.346. The minimum absolute atomic E-state index is 0.346. The highest BCUT2D eigenvalue weighted by Crippen LogP contribution is 2.31. The van der Waals surface area contributed by atoms with Crippen LogP contribution in [0.15, 0.2) is 41.1 Å². The van der Waals surface area contributed by atoms with Crippen molar-refractivity contribution in [1.82, 2.24) is 24.9 Å². The highest BCUT2D eigenvalue weighted by atomic mass is 79.9. The van der Waals surface area contributed by atoms with Crippen molar-refractivity contribution >= 4 is 38.3 Å². The molecule has 0 spiro atoms. The van der Waals surface area contributed by atoms with Gasteiger partial charge in [0, 0.05) is 41.9 Å². The standard InChI is InChI=1S/C21H21BrN6O/c1-12-2-3-17-13(6-12)7-14(8-25-17)16-9-26-28-20(23)19(22)18(27-21(16)28)10-24-15-4-5-29-11-15/h2-3,6-9,15,24H,4-5,10-11,23H2,1H3/t15-/m1/s1. The van der Waals surface area contributed by atoms with Crippen LogP contribution in [0.5, 0.6) is 0 Å². The van der Waals surface area contributed by atoms with Crippen molar-refractivity contribution in [3.05, 3.63) is 52.4 Å². The van der Waals surface area contributed by atoms with E-state index in [1.165, 1.54) is 5.56 Å². The summed E-state index contributed by atoms with van der Waals surface area (Å²) in [5, 5.41) is 9.05. The average Bonchev–Trinajstić information content (AvgIpc) is 3.39. The monoisotopic (exact) mass is 452 g/mol. The van der Waals surface area contributed by atoms with E-state index in [2.05, 4.69) is 56.5 Å². The van der Waals surface area contributed by atoms with Crippen LogP contribution in [0, 0.1) is 6.92 Å². The number of nitrogens with two attached hydrogens (primary N) is 1. The van der Waals surface area contributed by atoms with Gasteiger partial charge in [0.05, 0.1) is 28.5 Å². The second-order valence-electron chi connectivity index (χ2n) is 7.41. The molecule has 8 heteroatoms. The zero-order chi connectivity index (χ0) is 20.0. The number of anilines is 1. The SMILES string of the molecule is Cc1ccc2ncc(-c3cnn4c(N)c(Br)c(CN[C@@H]5CCOC5)nc34)cc2c1. The molecule has 0 radical (unpaired) electrons. The van der Waals surface area contributed by atoms with E-state index in [9.17, 15) is 0 Å². The Kier molecular flexibility index (Phi) is 4.69. The van der Waals surface area contributed by atoms with Crippen molar-refractivity contribution in [2.45, 2.75) is 25.9 Å². The molecule has 1 aromatic carbocycles. The van der Waals surface area contributed by atoms with E-state index in [0.29, 0.717) is 18.4 Å². The van der Waals surface area contributed by atoms with Crippen LogP contribution in [0.3, 0.4) is 0 Å². The van der Waals surface area contributed by atoms with Gasteiger partial charge in [-0.25, -0.2) is 4.98 Å². The number of halogens is 1. The summed E-state index contributed by atoms with van der Waals surface area (Å²) in [7, 11) is 0. The van der Waals surface area contributed by atoms with E-state index in [1.807, 2.05) is 12.3 Å². The lowest BCUT2D eigenvalue weighted by atomic mass is 10.1. The second kappa shape index (κ2) is 7.37. The first-order valence-electron chi connectivity index (χ1n) is 9.59. The smallest absolute Gasteiger partial charge is 0.165 e. The van der Waals surface area contributed by atoms with Crippen LogP contribution in [0.1, 0.15) is 17.7 Å². The van der Waals surface area contributed by atoms with Crippen LogP contribution < -0.4 is 11.1 Å². The summed E-state index contributed by atoms with van der Waals surface area (Å²) in [6.45, 7) is 4.22. The summed E-state index contributed by atoms with van der Waals surface area (Å²) < 4.78 is 7.87. The lowest BCUT2D eigenvalue weighted by molar-refractivity contribution is 0.189. The first kappa shape index (κ1) is 18.5. The number of ether oxygens (including phenoxy) is 1. The van der Waals surface area contributed by atoms with Gasteiger partial charge in [-0.2, -0.15) is 9.61 Å². The molecule has 4 aromatic rings. The number of benzene rings is 1. The summed E-state index contributed by atoms with van der Waals surface area (Å²) in [6.07, 6.45) is 4.67. The van der Waals surface area contributed by atoms with E-state index in [0.717, 1.165) is 57.5 Å². The van der Waals surface area contributed by atoms with Crippen molar-refractivity contribution in [3.8, 4) is 11.1 Å². The number of nitrogens with zero attached hydrogens (tertiary/aromatic N) is 4. The molecular weight excluding hydrogens is 432 g/mol. The summed E-state index contributed by atoms with van der Waals surface area (Å²) in [6, 6.07) is 8.71. The molecule has 1 aliphatic heterocycles. The zero-order valence-electron chi connectivity index (χ0n) is 16.0. The molecule has 0 aliphatic carbocycles. The van der Waals surface area contributed by atoms with Gasteiger partial charge >= 0.3 is 0 Å². The predicted octanol–water partition coefficient (Wildman–Crippen LogP) is 3.48. The fourth-order valence-electron chi connectivity index (χ4n) is 3.70. The van der Waals surface area contributed by atoms with Crippen molar-refractivity contribution < 1.29 is 4.74 Å². The fraction of sp³-hybridized carbons (Fsp3) is 0.286. The van der Waals surface area contributed by atoms with Gasteiger partial charge in [0.15, 0.2) is 5.65 Å². The average molecular weight is 453 g/mol. The van der Waals surface area contributed by atoms with Crippen LogP contribution in [0.4, 0.5) is 5.82 Å². The third-order valence-electron chi connectivity index (χ3n) is 5.33. The Morgan fingerprint density at radius 3 is 3.03 bits per heavy atom. The maximum atomic E-state index is 6.35. The van der Waals surface area contributed by atoms with Crippen molar-refractivity contribution in [1.29, 1.82) is 0 Å². The second-order valence-corrected chi connectivity index (χ2v) is 8.21. The molecule has 3 N–H and O–H groups in total. The van der Waals surface area contributed by atoms with Gasteiger partial charge in [-0.1, -0.05) is 11.6 Å². The molecule has 148 valence electrons. The van der Waals surface area contributed by atoms with Crippen LogP contribution in [0.25, 0.3) is 27.7 Å². The predicted molar refractivity (Wildman–Crippen MR) is 117 cm³/mol. The Balaban J connectivity index is 1.57. The Morgan fingerprint density at radius 1 is 1.31 bits per heavy atom. The lowest BCUT2D eigenvalue weighted by Crippen LogP contribution is -2.29. The maximum Gasteiger partial charge on any atom is 0.165 e. The number of rotatable bonds is 4. The quantitative estimate of drug-likeness (QED) is 0.492. The Morgan fingerprint density at radius 2 is 2.21 bits per heavy atom. The largest absolute Gasteiger partial charge is 0.383 e. The van der Waals surface area contributed by atoms with Crippen molar-refractivity contribution in [2.24, 2.45) is 0 Å². The van der Waals surface area contributed by atoms with Crippen LogP contribution in [-0.4, -0.2) is 38.8 Å². The summed E-state index contributed by atoms with van der Waals surface area (Å²) in [5.74, 6) is 0.533. The van der Waals surface area contributed by atoms with Gasteiger partial charge in [-0.15, -0.1) is 0 Å². The molecule has 0 bridgehead atoms. The van der Waals surface area contributed by atoms with Gasteiger partial charge in [-0.3, -0.25) is 4.98 Å². The van der Waals surface area contributed by atoms with Gasteiger partial charge < -0.3 is 15.8 Å². The maximum absolute atomic E-state index is 6.35. The minimum Gasteiger partial charge on any atom is -0.383 e. The third kappa shape index (κ3) is 3.37. The zero-order valence-corrected chi connectivity index (χ0v) is 17.6. The van der Waals surface area contributed by atoms with Gasteiger partial charge in [0.25, 0.3) is 0 Å². The number of hydrogen-bond acceptors (Lipinski definition) is 6. The van der Waals surface area contributed by atoms with Gasteiger partial charge in [-0.05, 0) is 47.5 Å². The molecule has 5 rings (SSSR count). The Bertz CT molecular complexity index is 1210. The molecule has 3 aromatic heterocycles. The molecule has 7 nitrogen and oxygen atoms in total. The van der Waals surface area contributed by atoms with Gasteiger partial charge in [0.2, 0.25) is 0 Å². The summed E-state index contributed by atoms with van der Waals surface area (Å²) in [4.78, 5) is 9.48. The molecule has 0 saturated carbocycles. The molecule has 0 amide bonds. The highest BCUT2D eigenvalue weighted by Gasteiger charge is 2.19. The molecular formula is C21H21BrN6O. The number of nitrogens with one attached hydrogen (secondary N) is 1. The first-order chi connectivity index (χ1) is 14.1. The molecule has 1 fully saturated rings. The number of fused-ring (bicyclic) bond motifs is 2. The fourth-order valence-corrected chi connectivity index (χ4v) is 4.10. The molecule has 4 heterocycles. The van der Waals surface area contributed by atoms with E-state index in [1.54, 1.807) is 10.7 Å². The number of nitrogen functional groups attached to an aromatic ring is 1. The molecule has 1 atom stereocenters. The summed E-state index contributed by atoms with van der Waals surface area (Å²) >= 11 is 3.59. The molecule has 1 aliphatic rings. The van der Waals surface area contributed by atoms with Crippen LogP contribution in [0.2, 0.25) is 0 Å². The Labute approximate surface area is 176 Å². The van der Waals surface area contributed by atoms with Crippen LogP contribution >= 0.6 is 15.9 Å². The first-order valence-corrected chi connectivity index (χ1v) is 10.4. The number of aryl methyl sites for hydroxylation is 1. The van der Waals surface area contributed by atoms with E-state index in [4.69, 9.17) is 15.5 Å². The van der Waals surface area contributed by atoms with E-state index in [-0.39, 0.29) is 0 Å². The lowest BCUT2D eigenvalue weighted by Gasteiger charge is -2.13. The van der Waals surface area contributed by atoms with E-state index >= 15 is 0 Å². The number of hydrogen-bond donors (Lipinski definition) is 2. The van der Waals surface area contributed by atoms with Crippen molar-refractivity contribution in [3.63, 3.8) is 0 Å². The molecule has 1 saturated heterocycles. The van der Waals surface area contributed by atoms with Crippen LogP contribution in [-0.2, 0) is 11.3 Å². The number of pyridine rings is 1. The highest BCUT2D eigenvalue weighted by molar-refractivity contribution is 9.10. The van der Waals surface area contributed by atoms with Gasteiger partial charge in [0.1, 0.15) is 5.82 Å². The summed E-state index contributed by atoms with van der Waals surface area (Å²) in [5.41, 5.74) is 12.0. The normalized spacial score (nSPS) is 16.8. The molecule has 29 heavy (non-hydrogen) atoms. The van der Waals surface area contributed by atoms with E-state index < -0.39 is 0 Å². The molecule has 0 unspecified atom stereocenters. The third-order valence-corrected chi connectivity index (χ3v) is 6.19.